The summed E-state index contributed by atoms with van der Waals surface area (Å²) in [5.74, 6) is -1.90. The van der Waals surface area contributed by atoms with E-state index in [1.807, 2.05) is 0 Å². The number of carboxylic acids is 1. The average molecular weight is 285 g/mol. The van der Waals surface area contributed by atoms with Crippen LogP contribution in [-0.4, -0.2) is 66.6 Å². The minimum absolute atomic E-state index is 0.0225. The molecular weight excluding hydrogens is 271 g/mol. The first-order valence-electron chi connectivity index (χ1n) is 5.52. The molecule has 0 aliphatic carbocycles. The number of carbonyl (C=O) groups is 2. The molecule has 2 atom stereocenters. The molecule has 1 saturated heterocycles. The molecule has 6 nitrogen and oxygen atoms in total. The van der Waals surface area contributed by atoms with Gasteiger partial charge in [-0.05, 0) is 6.92 Å². The Kier molecular flexibility index (Phi) is 5.12. The molecule has 0 bridgehead atoms. The number of nitrogens with zero attached hydrogens (tertiary/aromatic N) is 1. The van der Waals surface area contributed by atoms with E-state index < -0.39 is 36.9 Å². The molecule has 9 heteroatoms. The third-order valence-electron chi connectivity index (χ3n) is 2.50. The quantitative estimate of drug-likeness (QED) is 0.802. The minimum atomic E-state index is -4.51. The lowest BCUT2D eigenvalue weighted by Gasteiger charge is -2.32. The van der Waals surface area contributed by atoms with Gasteiger partial charge in [0.2, 0.25) is 0 Å². The molecule has 0 aromatic carbocycles. The highest BCUT2D eigenvalue weighted by Gasteiger charge is 2.34. The van der Waals surface area contributed by atoms with E-state index in [4.69, 9.17) is 9.84 Å². The lowest BCUT2D eigenvalue weighted by Crippen LogP contribution is -2.51. The second-order valence-electron chi connectivity index (χ2n) is 4.05. The Labute approximate surface area is 107 Å². The summed E-state index contributed by atoms with van der Waals surface area (Å²) in [7, 11) is 0. The van der Waals surface area contributed by atoms with E-state index in [2.05, 4.69) is 4.74 Å². The van der Waals surface area contributed by atoms with Crippen molar-refractivity contribution in [3.63, 3.8) is 0 Å². The van der Waals surface area contributed by atoms with Crippen LogP contribution in [0, 0.1) is 0 Å². The Morgan fingerprint density at radius 1 is 1.53 bits per heavy atom. The molecule has 1 heterocycles. The number of ether oxygens (including phenoxy) is 2. The van der Waals surface area contributed by atoms with Crippen molar-refractivity contribution in [3.8, 4) is 0 Å². The van der Waals surface area contributed by atoms with Gasteiger partial charge in [0.05, 0.1) is 13.2 Å². The number of carbonyl (C=O) groups excluding carboxylic acids is 1. The van der Waals surface area contributed by atoms with Crippen LogP contribution in [0.1, 0.15) is 6.92 Å². The van der Waals surface area contributed by atoms with Gasteiger partial charge in [0.1, 0.15) is 12.7 Å². The molecule has 1 amide bonds. The Bertz CT molecular complexity index is 347. The molecule has 0 saturated carbocycles. The van der Waals surface area contributed by atoms with Gasteiger partial charge < -0.3 is 19.5 Å². The van der Waals surface area contributed by atoms with E-state index in [0.29, 0.717) is 0 Å². The van der Waals surface area contributed by atoms with E-state index in [1.165, 1.54) is 6.92 Å². The normalized spacial score (nSPS) is 22.1. The molecule has 110 valence electrons. The second-order valence-corrected chi connectivity index (χ2v) is 4.05. The summed E-state index contributed by atoms with van der Waals surface area (Å²) < 4.78 is 45.1. The van der Waals surface area contributed by atoms with Crippen LogP contribution in [-0.2, 0) is 19.1 Å². The first-order valence-corrected chi connectivity index (χ1v) is 5.52. The van der Waals surface area contributed by atoms with Crippen LogP contribution in [0.3, 0.4) is 0 Å². The number of aliphatic carboxylic acids is 1. The van der Waals surface area contributed by atoms with Gasteiger partial charge in [0.25, 0.3) is 5.91 Å². The minimum Gasteiger partial charge on any atom is -0.479 e. The Morgan fingerprint density at radius 2 is 2.16 bits per heavy atom. The zero-order chi connectivity index (χ0) is 14.6. The summed E-state index contributed by atoms with van der Waals surface area (Å²) in [4.78, 5) is 23.6. The van der Waals surface area contributed by atoms with Gasteiger partial charge in [-0.1, -0.05) is 0 Å². The van der Waals surface area contributed by atoms with Crippen LogP contribution < -0.4 is 0 Å². The number of rotatable bonds is 4. The Hall–Kier alpha value is -1.35. The van der Waals surface area contributed by atoms with Gasteiger partial charge in [0, 0.05) is 6.54 Å². The molecule has 0 aromatic rings. The van der Waals surface area contributed by atoms with Gasteiger partial charge in [-0.25, -0.2) is 4.79 Å². The fourth-order valence-electron chi connectivity index (χ4n) is 1.55. The number of halogens is 3. The van der Waals surface area contributed by atoms with Crippen molar-refractivity contribution in [1.82, 2.24) is 4.90 Å². The third kappa shape index (κ3) is 5.03. The highest BCUT2D eigenvalue weighted by molar-refractivity contribution is 5.82. The maximum atomic E-state index is 11.9. The van der Waals surface area contributed by atoms with Crippen molar-refractivity contribution in [1.29, 1.82) is 0 Å². The van der Waals surface area contributed by atoms with Crippen molar-refractivity contribution in [2.75, 3.05) is 26.3 Å². The molecule has 1 aliphatic heterocycles. The molecule has 0 radical (unpaired) electrons. The summed E-state index contributed by atoms with van der Waals surface area (Å²) in [5, 5.41) is 8.74. The predicted molar refractivity (Wildman–Crippen MR) is 55.4 cm³/mol. The maximum Gasteiger partial charge on any atom is 0.411 e. The van der Waals surface area contributed by atoms with Crippen molar-refractivity contribution in [3.05, 3.63) is 0 Å². The number of hydrogen-bond donors (Lipinski definition) is 1. The SMILES string of the molecule is C[C@H](OCC(F)(F)F)C(=O)N1CCO[C@H](C(=O)O)C1. The second kappa shape index (κ2) is 6.20. The molecule has 1 N–H and O–H groups in total. The number of carboxylic acid groups (broad SMARTS) is 1. The summed E-state index contributed by atoms with van der Waals surface area (Å²) in [5.41, 5.74) is 0. The molecule has 0 aromatic heterocycles. The number of morpholine rings is 1. The highest BCUT2D eigenvalue weighted by atomic mass is 19.4. The summed E-state index contributed by atoms with van der Waals surface area (Å²) >= 11 is 0. The fourth-order valence-corrected chi connectivity index (χ4v) is 1.55. The third-order valence-corrected chi connectivity index (χ3v) is 2.50. The first-order chi connectivity index (χ1) is 8.70. The average Bonchev–Trinajstić information content (AvgIpc) is 2.34. The zero-order valence-corrected chi connectivity index (χ0v) is 10.1. The van der Waals surface area contributed by atoms with Crippen LogP contribution in [0.15, 0.2) is 0 Å². The van der Waals surface area contributed by atoms with Crippen LogP contribution in [0.4, 0.5) is 13.2 Å². The van der Waals surface area contributed by atoms with E-state index in [1.54, 1.807) is 0 Å². The largest absolute Gasteiger partial charge is 0.479 e. The van der Waals surface area contributed by atoms with E-state index in [-0.39, 0.29) is 19.7 Å². The van der Waals surface area contributed by atoms with Gasteiger partial charge >= 0.3 is 12.1 Å². The molecule has 1 aliphatic rings. The van der Waals surface area contributed by atoms with Crippen LogP contribution >= 0.6 is 0 Å². The van der Waals surface area contributed by atoms with Crippen LogP contribution in [0.2, 0.25) is 0 Å². The van der Waals surface area contributed by atoms with Crippen molar-refractivity contribution >= 4 is 11.9 Å². The van der Waals surface area contributed by atoms with Crippen LogP contribution in [0.25, 0.3) is 0 Å². The molecule has 19 heavy (non-hydrogen) atoms. The standard InChI is InChI=1S/C10H14F3NO5/c1-6(19-5-10(11,12)13)8(15)14-2-3-18-7(4-14)9(16)17/h6-7H,2-5H2,1H3,(H,16,17)/t6-,7-/m0/s1. The predicted octanol–water partition coefficient (Wildman–Crippen LogP) is 0.266. The van der Waals surface area contributed by atoms with E-state index in [0.717, 1.165) is 4.90 Å². The summed E-state index contributed by atoms with van der Waals surface area (Å²) in [6.07, 6.45) is -6.95. The van der Waals surface area contributed by atoms with Gasteiger partial charge in [-0.3, -0.25) is 4.79 Å². The maximum absolute atomic E-state index is 11.9. The molecule has 0 spiro atoms. The van der Waals surface area contributed by atoms with Crippen LogP contribution in [0.5, 0.6) is 0 Å². The fraction of sp³-hybridized carbons (Fsp3) is 0.800. The molecule has 1 rings (SSSR count). The summed E-state index contributed by atoms with van der Waals surface area (Å²) in [6.45, 7) is -0.378. The lowest BCUT2D eigenvalue weighted by molar-refractivity contribution is -0.190. The Balaban J connectivity index is 2.49. The monoisotopic (exact) mass is 285 g/mol. The number of hydrogen-bond acceptors (Lipinski definition) is 4. The van der Waals surface area contributed by atoms with Gasteiger partial charge in [-0.15, -0.1) is 0 Å². The number of alkyl halides is 3. The van der Waals surface area contributed by atoms with E-state index >= 15 is 0 Å². The van der Waals surface area contributed by atoms with Crippen molar-refractivity contribution in [2.24, 2.45) is 0 Å². The van der Waals surface area contributed by atoms with Gasteiger partial charge in [0.15, 0.2) is 6.10 Å². The first kappa shape index (κ1) is 15.7. The van der Waals surface area contributed by atoms with Crippen molar-refractivity contribution < 1.29 is 37.3 Å². The molecule has 0 unspecified atom stereocenters. The smallest absolute Gasteiger partial charge is 0.411 e. The van der Waals surface area contributed by atoms with Crippen molar-refractivity contribution in [2.45, 2.75) is 25.3 Å². The van der Waals surface area contributed by atoms with Gasteiger partial charge in [-0.2, -0.15) is 13.2 Å². The molecular formula is C10H14F3NO5. The lowest BCUT2D eigenvalue weighted by atomic mass is 10.2. The van der Waals surface area contributed by atoms with E-state index in [9.17, 15) is 22.8 Å². The zero-order valence-electron chi connectivity index (χ0n) is 10.1. The highest BCUT2D eigenvalue weighted by Crippen LogP contribution is 2.16. The summed E-state index contributed by atoms with van der Waals surface area (Å²) in [6, 6.07) is 0. The topological polar surface area (TPSA) is 76.1 Å². The Morgan fingerprint density at radius 3 is 2.68 bits per heavy atom. The number of amides is 1. The molecule has 1 fully saturated rings.